The van der Waals surface area contributed by atoms with Gasteiger partial charge in [0.25, 0.3) is 0 Å². The van der Waals surface area contributed by atoms with E-state index in [4.69, 9.17) is 5.84 Å². The van der Waals surface area contributed by atoms with Crippen LogP contribution in [0.3, 0.4) is 0 Å². The summed E-state index contributed by atoms with van der Waals surface area (Å²) in [5.74, 6) is 4.13. The van der Waals surface area contributed by atoms with Crippen LogP contribution in [0.5, 0.6) is 0 Å². The lowest BCUT2D eigenvalue weighted by Crippen LogP contribution is -2.24. The topological polar surface area (TPSA) is 73.8 Å². The van der Waals surface area contributed by atoms with Gasteiger partial charge in [0.1, 0.15) is 0 Å². The van der Waals surface area contributed by atoms with Crippen LogP contribution in [-0.2, 0) is 5.41 Å². The highest BCUT2D eigenvalue weighted by molar-refractivity contribution is 7.99. The normalized spacial score (nSPS) is 11.7. The molecule has 0 atom stereocenters. The van der Waals surface area contributed by atoms with E-state index in [-0.39, 0.29) is 22.5 Å². The van der Waals surface area contributed by atoms with E-state index in [1.807, 2.05) is 20.8 Å². The Morgan fingerprint density at radius 3 is 2.50 bits per heavy atom. The average molecular weight is 326 g/mol. The minimum atomic E-state index is -1.05. The molecule has 1 heterocycles. The van der Waals surface area contributed by atoms with Crippen molar-refractivity contribution in [1.29, 1.82) is 0 Å². The Morgan fingerprint density at radius 2 is 1.95 bits per heavy atom. The molecule has 5 nitrogen and oxygen atoms in total. The number of nitrogen functional groups attached to an aromatic ring is 1. The van der Waals surface area contributed by atoms with Crippen molar-refractivity contribution in [3.8, 4) is 0 Å². The standard InChI is InChI=1S/C14H16F2N4OS/c1-14(2,3)12-18-19-13(20(12)17)22-7-11(21)8-4-5-9(15)10(16)6-8/h4-6H,7,17H2,1-3H3. The molecule has 8 heteroatoms. The molecule has 0 spiro atoms. The van der Waals surface area contributed by atoms with Crippen molar-refractivity contribution in [2.75, 3.05) is 11.6 Å². The molecule has 2 rings (SSSR count). The van der Waals surface area contributed by atoms with Crippen LogP contribution in [0.25, 0.3) is 0 Å². The van der Waals surface area contributed by atoms with Crippen molar-refractivity contribution >= 4 is 17.5 Å². The fraction of sp³-hybridized carbons (Fsp3) is 0.357. The zero-order chi connectivity index (χ0) is 16.5. The Kier molecular flexibility index (Phi) is 4.50. The highest BCUT2D eigenvalue weighted by atomic mass is 32.2. The molecule has 2 N–H and O–H groups in total. The van der Waals surface area contributed by atoms with Crippen LogP contribution in [0.4, 0.5) is 8.78 Å². The number of hydrogen-bond donors (Lipinski definition) is 1. The summed E-state index contributed by atoms with van der Waals surface area (Å²) < 4.78 is 27.3. The minimum Gasteiger partial charge on any atom is -0.336 e. The predicted molar refractivity (Wildman–Crippen MR) is 80.3 cm³/mol. The summed E-state index contributed by atoms with van der Waals surface area (Å²) in [5.41, 5.74) is -0.171. The van der Waals surface area contributed by atoms with Gasteiger partial charge in [-0.3, -0.25) is 4.79 Å². The number of hydrogen-bond acceptors (Lipinski definition) is 5. The van der Waals surface area contributed by atoms with E-state index in [0.717, 1.165) is 23.9 Å². The molecule has 2 aromatic rings. The van der Waals surface area contributed by atoms with Gasteiger partial charge in [-0.05, 0) is 18.2 Å². The maximum absolute atomic E-state index is 13.1. The van der Waals surface area contributed by atoms with Crippen LogP contribution >= 0.6 is 11.8 Å². The Morgan fingerprint density at radius 1 is 1.27 bits per heavy atom. The lowest BCUT2D eigenvalue weighted by atomic mass is 9.96. The number of carbonyl (C=O) groups is 1. The van der Waals surface area contributed by atoms with Gasteiger partial charge in [0.15, 0.2) is 23.2 Å². The summed E-state index contributed by atoms with van der Waals surface area (Å²) in [4.78, 5) is 12.0. The number of rotatable bonds is 4. The fourth-order valence-electron chi connectivity index (χ4n) is 1.77. The van der Waals surface area contributed by atoms with Crippen LogP contribution in [-0.4, -0.2) is 26.4 Å². The fourth-order valence-corrected chi connectivity index (χ4v) is 2.52. The number of Topliss-reactive ketones (excluding diaryl/α,β-unsaturated/α-hetero) is 1. The molecule has 0 radical (unpaired) electrons. The van der Waals surface area contributed by atoms with Crippen LogP contribution in [0, 0.1) is 11.6 Å². The van der Waals surface area contributed by atoms with Gasteiger partial charge < -0.3 is 5.84 Å². The quantitative estimate of drug-likeness (QED) is 0.531. The maximum Gasteiger partial charge on any atom is 0.210 e. The van der Waals surface area contributed by atoms with E-state index in [0.29, 0.717) is 11.0 Å². The molecule has 0 saturated heterocycles. The molecule has 0 amide bonds. The molecule has 0 unspecified atom stereocenters. The number of carbonyl (C=O) groups excluding carboxylic acids is 1. The third-order valence-electron chi connectivity index (χ3n) is 2.91. The molecular weight excluding hydrogens is 310 g/mol. The zero-order valence-corrected chi connectivity index (χ0v) is 13.2. The number of nitrogens with two attached hydrogens (primary N) is 1. The minimum absolute atomic E-state index is 0.00451. The molecule has 1 aromatic carbocycles. The first-order valence-corrected chi connectivity index (χ1v) is 7.50. The van der Waals surface area contributed by atoms with Gasteiger partial charge in [-0.25, -0.2) is 13.5 Å². The summed E-state index contributed by atoms with van der Waals surface area (Å²) in [6.45, 7) is 5.84. The van der Waals surface area contributed by atoms with E-state index in [1.54, 1.807) is 0 Å². The second-order valence-electron chi connectivity index (χ2n) is 5.77. The molecule has 0 saturated carbocycles. The van der Waals surface area contributed by atoms with Crippen molar-refractivity contribution in [3.63, 3.8) is 0 Å². The Bertz CT molecular complexity index is 709. The van der Waals surface area contributed by atoms with Crippen molar-refractivity contribution in [1.82, 2.24) is 14.9 Å². The molecule has 118 valence electrons. The smallest absolute Gasteiger partial charge is 0.210 e. The van der Waals surface area contributed by atoms with Gasteiger partial charge in [0.2, 0.25) is 5.16 Å². The predicted octanol–water partition coefficient (Wildman–Crippen LogP) is 2.54. The van der Waals surface area contributed by atoms with E-state index in [2.05, 4.69) is 10.2 Å². The second-order valence-corrected chi connectivity index (χ2v) is 6.71. The molecule has 1 aromatic heterocycles. The van der Waals surface area contributed by atoms with Gasteiger partial charge in [0, 0.05) is 11.0 Å². The van der Waals surface area contributed by atoms with E-state index >= 15 is 0 Å². The van der Waals surface area contributed by atoms with Gasteiger partial charge in [-0.15, -0.1) is 10.2 Å². The van der Waals surface area contributed by atoms with Crippen LogP contribution in [0.2, 0.25) is 0 Å². The number of ketones is 1. The number of halogens is 2. The van der Waals surface area contributed by atoms with Crippen LogP contribution < -0.4 is 5.84 Å². The van der Waals surface area contributed by atoms with E-state index in [9.17, 15) is 13.6 Å². The van der Waals surface area contributed by atoms with Crippen molar-refractivity contribution in [2.24, 2.45) is 0 Å². The van der Waals surface area contributed by atoms with Crippen molar-refractivity contribution in [2.45, 2.75) is 31.3 Å². The summed E-state index contributed by atoms with van der Waals surface area (Å²) in [5, 5.41) is 8.34. The number of benzene rings is 1. The second kappa shape index (κ2) is 6.04. The third-order valence-corrected chi connectivity index (χ3v) is 3.85. The maximum atomic E-state index is 13.1. The first kappa shape index (κ1) is 16.4. The average Bonchev–Trinajstić information content (AvgIpc) is 2.80. The first-order chi connectivity index (χ1) is 10.2. The van der Waals surface area contributed by atoms with Crippen molar-refractivity contribution in [3.05, 3.63) is 41.2 Å². The van der Waals surface area contributed by atoms with Crippen LogP contribution in [0.1, 0.15) is 37.0 Å². The number of nitrogens with zero attached hydrogens (tertiary/aromatic N) is 3. The lowest BCUT2D eigenvalue weighted by Gasteiger charge is -2.16. The molecule has 0 fully saturated rings. The van der Waals surface area contributed by atoms with Gasteiger partial charge in [-0.1, -0.05) is 32.5 Å². The van der Waals surface area contributed by atoms with E-state index in [1.165, 1.54) is 10.7 Å². The van der Waals surface area contributed by atoms with Gasteiger partial charge in [0.05, 0.1) is 5.75 Å². The Hall–Kier alpha value is -1.96. The summed E-state index contributed by atoms with van der Waals surface area (Å²) in [7, 11) is 0. The van der Waals surface area contributed by atoms with Gasteiger partial charge >= 0.3 is 0 Å². The van der Waals surface area contributed by atoms with Crippen LogP contribution in [0.15, 0.2) is 23.4 Å². The summed E-state index contributed by atoms with van der Waals surface area (Å²) in [6.07, 6.45) is 0. The molecular formula is C14H16F2N4OS. The van der Waals surface area contributed by atoms with Gasteiger partial charge in [-0.2, -0.15) is 0 Å². The number of aromatic nitrogens is 3. The SMILES string of the molecule is CC(C)(C)c1nnc(SCC(=O)c2ccc(F)c(F)c2)n1N. The number of thioether (sulfide) groups is 1. The van der Waals surface area contributed by atoms with E-state index < -0.39 is 11.6 Å². The Balaban J connectivity index is 2.08. The lowest BCUT2D eigenvalue weighted by molar-refractivity contribution is 0.102. The molecule has 0 aliphatic rings. The molecule has 0 aliphatic heterocycles. The molecule has 22 heavy (non-hydrogen) atoms. The first-order valence-electron chi connectivity index (χ1n) is 6.52. The molecule has 0 aliphatic carbocycles. The third kappa shape index (κ3) is 3.44. The summed E-state index contributed by atoms with van der Waals surface area (Å²) >= 11 is 1.10. The highest BCUT2D eigenvalue weighted by Crippen LogP contribution is 2.23. The Labute approximate surface area is 130 Å². The monoisotopic (exact) mass is 326 g/mol. The zero-order valence-electron chi connectivity index (χ0n) is 12.4. The van der Waals surface area contributed by atoms with Crippen molar-refractivity contribution < 1.29 is 13.6 Å². The largest absolute Gasteiger partial charge is 0.336 e. The molecule has 0 bridgehead atoms. The summed E-state index contributed by atoms with van der Waals surface area (Å²) in [6, 6.07) is 3.05. The highest BCUT2D eigenvalue weighted by Gasteiger charge is 2.23.